The van der Waals surface area contributed by atoms with Crippen molar-refractivity contribution < 1.29 is 27.6 Å². The maximum Gasteiger partial charge on any atom is 0.417 e. The summed E-state index contributed by atoms with van der Waals surface area (Å²) in [5.74, 6) is 1.10. The molecule has 3 aromatic heterocycles. The number of carboxylic acids is 1. The Kier molecular flexibility index (Phi) is 5.20. The maximum atomic E-state index is 13.7. The summed E-state index contributed by atoms with van der Waals surface area (Å²) in [6.45, 7) is 1.68. The van der Waals surface area contributed by atoms with Crippen LogP contribution in [0.15, 0.2) is 53.3 Å². The van der Waals surface area contributed by atoms with Crippen LogP contribution >= 0.6 is 0 Å². The first kappa shape index (κ1) is 24.0. The quantitative estimate of drug-likeness (QED) is 0.316. The molecule has 39 heavy (non-hydrogen) atoms. The standard InChI is InChI=1S/C29H25F3N4O3/c1-35-12-22(28(37)38)26-24(35)10-16(11-33-26)36-13-20-17(21(20)14-36)8-9-19-25(34-39-27(19)15-6-7-15)18-4-2-3-5-23(18)29(30,31)32/h2-5,8-12,15,17,20-21H,6-7,13-14H2,1H3,(H,37,38)/b9-8+. The molecule has 1 N–H and O–H groups in total. The number of carbonyl (C=O) groups is 1. The van der Waals surface area contributed by atoms with E-state index in [1.165, 1.54) is 12.1 Å². The third-order valence-corrected chi connectivity index (χ3v) is 8.34. The number of piperidine rings is 1. The monoisotopic (exact) mass is 534 g/mol. The number of fused-ring (bicyclic) bond motifs is 2. The van der Waals surface area contributed by atoms with Crippen LogP contribution in [0.4, 0.5) is 18.9 Å². The van der Waals surface area contributed by atoms with Crippen molar-refractivity contribution in [2.75, 3.05) is 18.0 Å². The minimum absolute atomic E-state index is 0.0390. The molecule has 0 spiro atoms. The average Bonchev–Trinajstić information content (AvgIpc) is 3.71. The van der Waals surface area contributed by atoms with E-state index in [1.54, 1.807) is 23.0 Å². The number of aryl methyl sites for hydroxylation is 1. The Bertz CT molecular complexity index is 1640. The smallest absolute Gasteiger partial charge is 0.417 e. The Balaban J connectivity index is 1.12. The van der Waals surface area contributed by atoms with E-state index in [1.807, 2.05) is 19.2 Å². The van der Waals surface area contributed by atoms with Gasteiger partial charge >= 0.3 is 12.1 Å². The third kappa shape index (κ3) is 4.00. The van der Waals surface area contributed by atoms with E-state index in [0.717, 1.165) is 43.2 Å². The Hall–Kier alpha value is -4.08. The van der Waals surface area contributed by atoms with Crippen molar-refractivity contribution in [1.29, 1.82) is 0 Å². The van der Waals surface area contributed by atoms with E-state index < -0.39 is 17.7 Å². The van der Waals surface area contributed by atoms with Gasteiger partial charge in [0.1, 0.15) is 22.5 Å². The van der Waals surface area contributed by atoms with Crippen molar-refractivity contribution in [1.82, 2.24) is 14.7 Å². The minimum Gasteiger partial charge on any atom is -0.478 e. The van der Waals surface area contributed by atoms with Gasteiger partial charge in [-0.15, -0.1) is 0 Å². The van der Waals surface area contributed by atoms with Gasteiger partial charge in [0.2, 0.25) is 0 Å². The second kappa shape index (κ2) is 8.46. The van der Waals surface area contributed by atoms with E-state index in [4.69, 9.17) is 4.52 Å². The highest BCUT2D eigenvalue weighted by molar-refractivity contribution is 6.02. The van der Waals surface area contributed by atoms with E-state index in [-0.39, 0.29) is 22.7 Å². The van der Waals surface area contributed by atoms with E-state index in [9.17, 15) is 23.1 Å². The molecule has 2 aliphatic carbocycles. The molecule has 4 aromatic rings. The third-order valence-electron chi connectivity index (χ3n) is 8.34. The van der Waals surface area contributed by atoms with Crippen LogP contribution < -0.4 is 4.90 Å². The highest BCUT2D eigenvalue weighted by Gasteiger charge is 2.54. The molecule has 2 saturated carbocycles. The van der Waals surface area contributed by atoms with Crippen molar-refractivity contribution in [3.63, 3.8) is 0 Å². The number of hydrogen-bond donors (Lipinski definition) is 1. The predicted octanol–water partition coefficient (Wildman–Crippen LogP) is 6.22. The lowest BCUT2D eigenvalue weighted by Gasteiger charge is -2.21. The molecular weight excluding hydrogens is 509 g/mol. The van der Waals surface area contributed by atoms with Gasteiger partial charge in [-0.2, -0.15) is 13.2 Å². The molecule has 4 heterocycles. The molecule has 10 heteroatoms. The van der Waals surface area contributed by atoms with Gasteiger partial charge in [0.05, 0.1) is 23.0 Å². The van der Waals surface area contributed by atoms with E-state index in [2.05, 4.69) is 21.1 Å². The summed E-state index contributed by atoms with van der Waals surface area (Å²) < 4.78 is 48.6. The van der Waals surface area contributed by atoms with Crippen LogP contribution in [-0.4, -0.2) is 38.9 Å². The molecule has 1 saturated heterocycles. The number of halogens is 3. The van der Waals surface area contributed by atoms with Crippen molar-refractivity contribution in [3.8, 4) is 11.3 Å². The van der Waals surface area contributed by atoms with Crippen molar-refractivity contribution >= 4 is 28.8 Å². The highest BCUT2D eigenvalue weighted by atomic mass is 19.4. The summed E-state index contributed by atoms with van der Waals surface area (Å²) in [7, 11) is 1.81. The summed E-state index contributed by atoms with van der Waals surface area (Å²) in [5, 5.41) is 13.5. The zero-order chi connectivity index (χ0) is 27.1. The average molecular weight is 535 g/mol. The topological polar surface area (TPSA) is 84.4 Å². The SMILES string of the molecule is Cn1cc(C(=O)O)c2ncc(N3CC4C(/C=C/c5c(-c6ccccc6C(F)(F)F)noc5C5CC5)C4C3)cc21. The Morgan fingerprint density at radius 1 is 1.18 bits per heavy atom. The minimum atomic E-state index is -4.49. The number of allylic oxidation sites excluding steroid dienone is 1. The van der Waals surface area contributed by atoms with Crippen molar-refractivity contribution in [2.24, 2.45) is 24.8 Å². The van der Waals surface area contributed by atoms with Gasteiger partial charge in [0.15, 0.2) is 0 Å². The number of pyridine rings is 1. The molecule has 3 fully saturated rings. The van der Waals surface area contributed by atoms with Crippen LogP contribution in [0.5, 0.6) is 0 Å². The van der Waals surface area contributed by atoms with Crippen molar-refractivity contribution in [3.05, 3.63) is 71.3 Å². The number of benzene rings is 1. The molecule has 2 unspecified atom stereocenters. The van der Waals surface area contributed by atoms with Gasteiger partial charge in [0, 0.05) is 43.4 Å². The number of rotatable bonds is 6. The van der Waals surface area contributed by atoms with Crippen LogP contribution in [0.25, 0.3) is 28.4 Å². The summed E-state index contributed by atoms with van der Waals surface area (Å²) in [5.41, 5.74) is 2.61. The Morgan fingerprint density at radius 2 is 1.92 bits per heavy atom. The number of aromatic nitrogens is 3. The number of carboxylic acid groups (broad SMARTS) is 1. The van der Waals surface area contributed by atoms with Gasteiger partial charge in [-0.25, -0.2) is 4.79 Å². The molecule has 0 amide bonds. The van der Waals surface area contributed by atoms with Crippen LogP contribution in [0.1, 0.15) is 46.0 Å². The fourth-order valence-electron chi connectivity index (χ4n) is 6.09. The van der Waals surface area contributed by atoms with Crippen LogP contribution in [0.2, 0.25) is 0 Å². The number of hydrogen-bond acceptors (Lipinski definition) is 5. The summed E-state index contributed by atoms with van der Waals surface area (Å²) >= 11 is 0. The lowest BCUT2D eigenvalue weighted by molar-refractivity contribution is -0.137. The molecule has 0 bridgehead atoms. The first-order valence-electron chi connectivity index (χ1n) is 13.0. The van der Waals surface area contributed by atoms with Gasteiger partial charge in [-0.1, -0.05) is 35.5 Å². The second-order valence-electron chi connectivity index (χ2n) is 10.8. The van der Waals surface area contributed by atoms with Crippen LogP contribution in [0.3, 0.4) is 0 Å². The predicted molar refractivity (Wildman–Crippen MR) is 138 cm³/mol. The second-order valence-corrected chi connectivity index (χ2v) is 10.8. The Labute approximate surface area is 221 Å². The van der Waals surface area contributed by atoms with Crippen LogP contribution in [-0.2, 0) is 13.2 Å². The van der Waals surface area contributed by atoms with E-state index >= 15 is 0 Å². The fraction of sp³-hybridized carbons (Fsp3) is 0.345. The molecule has 3 aliphatic rings. The molecule has 1 aromatic carbocycles. The molecule has 1 aliphatic heterocycles. The molecule has 200 valence electrons. The Morgan fingerprint density at radius 3 is 2.62 bits per heavy atom. The molecule has 2 atom stereocenters. The zero-order valence-corrected chi connectivity index (χ0v) is 21.0. The normalized spacial score (nSPS) is 22.7. The maximum absolute atomic E-state index is 13.7. The van der Waals surface area contributed by atoms with Crippen LogP contribution in [0, 0.1) is 17.8 Å². The summed E-state index contributed by atoms with van der Waals surface area (Å²) in [6.07, 6.45) is 4.76. The van der Waals surface area contributed by atoms with Gasteiger partial charge in [-0.3, -0.25) is 4.98 Å². The first-order valence-corrected chi connectivity index (χ1v) is 13.0. The zero-order valence-electron chi connectivity index (χ0n) is 21.0. The fourth-order valence-corrected chi connectivity index (χ4v) is 6.09. The molecular formula is C29H25F3N4O3. The first-order chi connectivity index (χ1) is 18.7. The molecule has 7 nitrogen and oxygen atoms in total. The lowest BCUT2D eigenvalue weighted by Crippen LogP contribution is -2.23. The van der Waals surface area contributed by atoms with Gasteiger partial charge < -0.3 is 19.1 Å². The number of nitrogens with zero attached hydrogens (tertiary/aromatic N) is 4. The largest absolute Gasteiger partial charge is 0.478 e. The summed E-state index contributed by atoms with van der Waals surface area (Å²) in [6, 6.07) is 7.49. The highest BCUT2D eigenvalue weighted by Crippen LogP contribution is 2.54. The lowest BCUT2D eigenvalue weighted by atomic mass is 9.98. The van der Waals surface area contributed by atoms with Crippen molar-refractivity contribution in [2.45, 2.75) is 24.9 Å². The molecule has 7 rings (SSSR count). The number of alkyl halides is 3. The number of aromatic carboxylic acids is 1. The number of anilines is 1. The molecule has 0 radical (unpaired) electrons. The summed E-state index contributed by atoms with van der Waals surface area (Å²) in [4.78, 5) is 18.2. The van der Waals surface area contributed by atoms with E-state index in [0.29, 0.717) is 34.6 Å². The van der Waals surface area contributed by atoms with Gasteiger partial charge in [-0.05, 0) is 42.7 Å². The van der Waals surface area contributed by atoms with Gasteiger partial charge in [0.25, 0.3) is 0 Å².